The summed E-state index contributed by atoms with van der Waals surface area (Å²) in [5.41, 5.74) is 0.434. The van der Waals surface area contributed by atoms with Gasteiger partial charge in [-0.2, -0.15) is 0 Å². The zero-order chi connectivity index (χ0) is 17.9. The van der Waals surface area contributed by atoms with E-state index < -0.39 is 5.60 Å². The number of hydrogen-bond acceptors (Lipinski definition) is 5. The zero-order valence-corrected chi connectivity index (χ0v) is 15.1. The molecule has 2 heterocycles. The molecule has 1 amide bonds. The summed E-state index contributed by atoms with van der Waals surface area (Å²) in [7, 11) is 1.65. The van der Waals surface area contributed by atoms with Crippen LogP contribution in [0.4, 0.5) is 0 Å². The minimum atomic E-state index is -0.707. The molecule has 1 atom stereocenters. The average Bonchev–Trinajstić information content (AvgIpc) is 2.62. The lowest BCUT2D eigenvalue weighted by Crippen LogP contribution is -2.55. The molecule has 138 valence electrons. The topological polar surface area (TPSA) is 62.2 Å². The van der Waals surface area contributed by atoms with Crippen LogP contribution in [0.3, 0.4) is 0 Å². The summed E-state index contributed by atoms with van der Waals surface area (Å²) in [4.78, 5) is 16.1. The molecule has 0 bridgehead atoms. The van der Waals surface area contributed by atoms with E-state index in [4.69, 9.17) is 9.47 Å². The average molecular weight is 348 g/mol. The largest absolute Gasteiger partial charge is 0.497 e. The highest BCUT2D eigenvalue weighted by molar-refractivity contribution is 5.73. The number of amides is 1. The first-order chi connectivity index (χ1) is 12.0. The lowest BCUT2D eigenvalue weighted by molar-refractivity contribution is -0.134. The van der Waals surface area contributed by atoms with Crippen LogP contribution < -0.4 is 4.74 Å². The lowest BCUT2D eigenvalue weighted by atomic mass is 9.91. The number of β-amino-alcohol motifs (C(OH)–C–C–N with tert-alkyl or cyclic N) is 1. The van der Waals surface area contributed by atoms with Crippen LogP contribution in [0.15, 0.2) is 24.3 Å². The Kier molecular flexibility index (Phi) is 5.61. The lowest BCUT2D eigenvalue weighted by Gasteiger charge is -2.45. The number of ether oxygens (including phenoxy) is 2. The number of benzene rings is 1. The molecule has 6 heteroatoms. The molecule has 1 N–H and O–H groups in total. The fraction of sp³-hybridized carbons (Fsp3) is 0.632. The molecule has 2 aliphatic rings. The van der Waals surface area contributed by atoms with Gasteiger partial charge in [0.05, 0.1) is 18.8 Å². The Balaban J connectivity index is 1.79. The standard InChI is InChI=1S/C19H28N2O4/c1-15(22)20-9-10-21(14-19(23)7-11-25-12-8-19)18(13-20)16-3-5-17(24-2)6-4-16/h3-6,18,23H,7-14H2,1-2H3. The van der Waals surface area contributed by atoms with Crippen LogP contribution in [0.5, 0.6) is 5.75 Å². The Morgan fingerprint density at radius 1 is 1.28 bits per heavy atom. The molecular formula is C19H28N2O4. The molecule has 2 fully saturated rings. The Morgan fingerprint density at radius 2 is 1.96 bits per heavy atom. The van der Waals surface area contributed by atoms with E-state index >= 15 is 0 Å². The molecule has 1 unspecified atom stereocenters. The molecule has 1 aromatic rings. The number of aliphatic hydroxyl groups is 1. The van der Waals surface area contributed by atoms with Crippen LogP contribution in [-0.2, 0) is 9.53 Å². The van der Waals surface area contributed by atoms with Gasteiger partial charge in [0, 0.05) is 59.2 Å². The van der Waals surface area contributed by atoms with E-state index in [0.717, 1.165) is 17.9 Å². The van der Waals surface area contributed by atoms with Crippen molar-refractivity contribution in [3.8, 4) is 5.75 Å². The van der Waals surface area contributed by atoms with Gasteiger partial charge in [-0.15, -0.1) is 0 Å². The molecule has 0 aromatic heterocycles. The molecule has 0 radical (unpaired) electrons. The Bertz CT molecular complexity index is 584. The fourth-order valence-electron chi connectivity index (χ4n) is 3.73. The van der Waals surface area contributed by atoms with Crippen LogP contribution in [0.25, 0.3) is 0 Å². The van der Waals surface area contributed by atoms with Gasteiger partial charge >= 0.3 is 0 Å². The van der Waals surface area contributed by atoms with Gasteiger partial charge in [-0.1, -0.05) is 12.1 Å². The zero-order valence-electron chi connectivity index (χ0n) is 15.1. The first-order valence-corrected chi connectivity index (χ1v) is 8.94. The summed E-state index contributed by atoms with van der Waals surface area (Å²) in [5.74, 6) is 0.917. The van der Waals surface area contributed by atoms with Crippen molar-refractivity contribution in [2.24, 2.45) is 0 Å². The van der Waals surface area contributed by atoms with Crippen LogP contribution in [0, 0.1) is 0 Å². The number of nitrogens with zero attached hydrogens (tertiary/aromatic N) is 2. The molecule has 6 nitrogen and oxygen atoms in total. The molecular weight excluding hydrogens is 320 g/mol. The summed E-state index contributed by atoms with van der Waals surface area (Å²) >= 11 is 0. The second-order valence-corrected chi connectivity index (χ2v) is 7.06. The van der Waals surface area contributed by atoms with Gasteiger partial charge in [0.15, 0.2) is 0 Å². The first kappa shape index (κ1) is 18.2. The molecule has 25 heavy (non-hydrogen) atoms. The fourth-order valence-corrected chi connectivity index (χ4v) is 3.73. The smallest absolute Gasteiger partial charge is 0.219 e. The van der Waals surface area contributed by atoms with Crippen molar-refractivity contribution >= 4 is 5.91 Å². The maximum absolute atomic E-state index is 11.9. The SMILES string of the molecule is COc1ccc(C2CN(C(C)=O)CCN2CC2(O)CCOCC2)cc1. The molecule has 0 saturated carbocycles. The number of methoxy groups -OCH3 is 1. The molecule has 2 saturated heterocycles. The third-order valence-electron chi connectivity index (χ3n) is 5.36. The Morgan fingerprint density at radius 3 is 2.56 bits per heavy atom. The highest BCUT2D eigenvalue weighted by Crippen LogP contribution is 2.31. The summed E-state index contributed by atoms with van der Waals surface area (Å²) in [6, 6.07) is 8.07. The maximum Gasteiger partial charge on any atom is 0.219 e. The van der Waals surface area contributed by atoms with Gasteiger partial charge in [-0.05, 0) is 17.7 Å². The van der Waals surface area contributed by atoms with E-state index in [1.807, 2.05) is 29.2 Å². The van der Waals surface area contributed by atoms with E-state index in [1.54, 1.807) is 14.0 Å². The predicted molar refractivity (Wildman–Crippen MR) is 94.6 cm³/mol. The van der Waals surface area contributed by atoms with Gasteiger partial charge in [-0.3, -0.25) is 9.69 Å². The number of hydrogen-bond donors (Lipinski definition) is 1. The molecule has 0 aliphatic carbocycles. The number of carbonyl (C=O) groups is 1. The quantitative estimate of drug-likeness (QED) is 0.892. The molecule has 2 aliphatic heterocycles. The van der Waals surface area contributed by atoms with E-state index in [0.29, 0.717) is 45.7 Å². The minimum Gasteiger partial charge on any atom is -0.497 e. The van der Waals surface area contributed by atoms with Crippen LogP contribution >= 0.6 is 0 Å². The van der Waals surface area contributed by atoms with Crippen molar-refractivity contribution in [1.82, 2.24) is 9.80 Å². The normalized spacial score (nSPS) is 24.1. The van der Waals surface area contributed by atoms with Crippen molar-refractivity contribution in [1.29, 1.82) is 0 Å². The van der Waals surface area contributed by atoms with Crippen molar-refractivity contribution in [3.05, 3.63) is 29.8 Å². The van der Waals surface area contributed by atoms with E-state index in [2.05, 4.69) is 4.90 Å². The monoisotopic (exact) mass is 348 g/mol. The minimum absolute atomic E-state index is 0.0791. The predicted octanol–water partition coefficient (Wildman–Crippen LogP) is 1.44. The number of carbonyl (C=O) groups excluding carboxylic acids is 1. The molecule has 3 rings (SSSR count). The van der Waals surface area contributed by atoms with Gasteiger partial charge in [-0.25, -0.2) is 0 Å². The van der Waals surface area contributed by atoms with Crippen LogP contribution in [0.1, 0.15) is 31.4 Å². The second-order valence-electron chi connectivity index (χ2n) is 7.06. The maximum atomic E-state index is 11.9. The van der Waals surface area contributed by atoms with Gasteiger partial charge in [0.1, 0.15) is 5.75 Å². The summed E-state index contributed by atoms with van der Waals surface area (Å²) in [6.07, 6.45) is 1.32. The van der Waals surface area contributed by atoms with Crippen molar-refractivity contribution < 1.29 is 19.4 Å². The summed E-state index contributed by atoms with van der Waals surface area (Å²) < 4.78 is 10.6. The highest BCUT2D eigenvalue weighted by atomic mass is 16.5. The van der Waals surface area contributed by atoms with Gasteiger partial charge in [0.2, 0.25) is 5.91 Å². The number of rotatable bonds is 4. The van der Waals surface area contributed by atoms with E-state index in [9.17, 15) is 9.90 Å². The highest BCUT2D eigenvalue weighted by Gasteiger charge is 2.37. The van der Waals surface area contributed by atoms with Crippen LogP contribution in [-0.4, -0.2) is 72.9 Å². The Hall–Kier alpha value is -1.63. The summed E-state index contributed by atoms with van der Waals surface area (Å²) in [6.45, 7) is 5.56. The summed E-state index contributed by atoms with van der Waals surface area (Å²) in [5, 5.41) is 10.9. The van der Waals surface area contributed by atoms with E-state index in [1.165, 1.54) is 0 Å². The van der Waals surface area contributed by atoms with Crippen molar-refractivity contribution in [2.75, 3.05) is 46.5 Å². The van der Waals surface area contributed by atoms with Gasteiger partial charge in [0.25, 0.3) is 0 Å². The first-order valence-electron chi connectivity index (χ1n) is 8.94. The van der Waals surface area contributed by atoms with Crippen molar-refractivity contribution in [3.63, 3.8) is 0 Å². The third kappa shape index (κ3) is 4.32. The van der Waals surface area contributed by atoms with Crippen LogP contribution in [0.2, 0.25) is 0 Å². The van der Waals surface area contributed by atoms with Crippen molar-refractivity contribution in [2.45, 2.75) is 31.4 Å². The molecule has 0 spiro atoms. The third-order valence-corrected chi connectivity index (χ3v) is 5.36. The second kappa shape index (κ2) is 7.72. The van der Waals surface area contributed by atoms with Gasteiger partial charge < -0.3 is 19.5 Å². The Labute approximate surface area is 149 Å². The van der Waals surface area contributed by atoms with E-state index in [-0.39, 0.29) is 11.9 Å². The molecule has 1 aromatic carbocycles. The number of piperazine rings is 1.